The van der Waals surface area contributed by atoms with E-state index in [1.165, 1.54) is 13.8 Å². The minimum absolute atomic E-state index is 0.390. The van der Waals surface area contributed by atoms with Crippen molar-refractivity contribution >= 4 is 27.6 Å². The predicted molar refractivity (Wildman–Crippen MR) is 117 cm³/mol. The SMILES string of the molecule is CC1(C)[C@H](C(=O)OCc2c(F)cc(F)cc2F)N2C(=O)[C@@H](NC(=O)COc3ccccc3)[C@H]2S1(=O)=O. The largest absolute Gasteiger partial charge is 0.484 e. The average molecular weight is 526 g/mol. The van der Waals surface area contributed by atoms with Gasteiger partial charge in [0.2, 0.25) is 5.91 Å². The molecular weight excluding hydrogens is 505 g/mol. The molecule has 0 aliphatic carbocycles. The van der Waals surface area contributed by atoms with E-state index in [1.807, 2.05) is 0 Å². The summed E-state index contributed by atoms with van der Waals surface area (Å²) >= 11 is 0. The molecule has 192 valence electrons. The summed E-state index contributed by atoms with van der Waals surface area (Å²) in [5.74, 6) is -6.18. The summed E-state index contributed by atoms with van der Waals surface area (Å²) in [7, 11) is -4.21. The highest BCUT2D eigenvalue weighted by atomic mass is 32.2. The smallest absolute Gasteiger partial charge is 0.330 e. The molecule has 2 fully saturated rings. The van der Waals surface area contributed by atoms with Crippen molar-refractivity contribution in [2.24, 2.45) is 0 Å². The summed E-state index contributed by atoms with van der Waals surface area (Å²) in [5, 5.41) is 0.774. The van der Waals surface area contributed by atoms with Crippen molar-refractivity contribution in [2.45, 2.75) is 42.7 Å². The fourth-order valence-corrected chi connectivity index (χ4v) is 6.45. The Labute approximate surface area is 204 Å². The van der Waals surface area contributed by atoms with Crippen LogP contribution in [0.1, 0.15) is 19.4 Å². The van der Waals surface area contributed by atoms with Crippen LogP contribution >= 0.6 is 0 Å². The highest BCUT2D eigenvalue weighted by Gasteiger charge is 2.72. The fourth-order valence-electron chi connectivity index (χ4n) is 4.23. The van der Waals surface area contributed by atoms with Gasteiger partial charge in [0.25, 0.3) is 5.91 Å². The molecule has 0 saturated carbocycles. The standard InChI is InChI=1S/C23H21F3N2O7S/c1-23(2)19(22(31)35-10-14-15(25)8-12(24)9-16(14)26)28-20(30)18(21(28)36(23,32)33)27-17(29)11-34-13-6-4-3-5-7-13/h3-9,18-19,21H,10-11H2,1-2H3,(H,27,29)/t18-,19+,21-/m1/s1. The molecule has 4 rings (SSSR count). The molecule has 0 bridgehead atoms. The lowest BCUT2D eigenvalue weighted by Crippen LogP contribution is -2.72. The molecule has 2 aromatic rings. The molecule has 9 nitrogen and oxygen atoms in total. The number of hydrogen-bond donors (Lipinski definition) is 1. The lowest BCUT2D eigenvalue weighted by Gasteiger charge is -2.42. The van der Waals surface area contributed by atoms with Gasteiger partial charge >= 0.3 is 5.97 Å². The topological polar surface area (TPSA) is 119 Å². The first kappa shape index (κ1) is 25.5. The van der Waals surface area contributed by atoms with Crippen molar-refractivity contribution in [3.63, 3.8) is 0 Å². The zero-order valence-corrected chi connectivity index (χ0v) is 19.9. The van der Waals surface area contributed by atoms with Crippen LogP contribution in [0.15, 0.2) is 42.5 Å². The predicted octanol–water partition coefficient (Wildman–Crippen LogP) is 1.45. The normalized spacial score (nSPS) is 23.4. The van der Waals surface area contributed by atoms with Crippen molar-refractivity contribution < 1.29 is 45.4 Å². The number of nitrogens with one attached hydrogen (secondary N) is 1. The minimum Gasteiger partial charge on any atom is -0.484 e. The van der Waals surface area contributed by atoms with Crippen LogP contribution in [-0.2, 0) is 35.6 Å². The first-order valence-electron chi connectivity index (χ1n) is 10.7. The van der Waals surface area contributed by atoms with Gasteiger partial charge in [0.1, 0.15) is 46.6 Å². The molecule has 2 amide bonds. The fraction of sp³-hybridized carbons (Fsp3) is 0.348. The van der Waals surface area contributed by atoms with Gasteiger partial charge in [0.15, 0.2) is 21.8 Å². The zero-order valence-electron chi connectivity index (χ0n) is 19.0. The van der Waals surface area contributed by atoms with E-state index >= 15 is 0 Å². The van der Waals surface area contributed by atoms with E-state index in [0.29, 0.717) is 17.9 Å². The summed E-state index contributed by atoms with van der Waals surface area (Å²) in [6.07, 6.45) is 0. The number of esters is 1. The summed E-state index contributed by atoms with van der Waals surface area (Å²) < 4.78 is 75.6. The second kappa shape index (κ2) is 9.12. The third-order valence-electron chi connectivity index (χ3n) is 6.19. The number of rotatable bonds is 7. The number of fused-ring (bicyclic) bond motifs is 1. The van der Waals surface area contributed by atoms with Gasteiger partial charge in [-0.05, 0) is 26.0 Å². The van der Waals surface area contributed by atoms with Gasteiger partial charge in [0.05, 0.1) is 5.56 Å². The highest BCUT2D eigenvalue weighted by molar-refractivity contribution is 7.94. The van der Waals surface area contributed by atoms with Gasteiger partial charge in [-0.3, -0.25) is 9.59 Å². The Morgan fingerprint density at radius 3 is 2.31 bits per heavy atom. The van der Waals surface area contributed by atoms with Crippen LogP contribution in [0, 0.1) is 17.5 Å². The van der Waals surface area contributed by atoms with Gasteiger partial charge in [-0.2, -0.15) is 0 Å². The lowest BCUT2D eigenvalue weighted by atomic mass is 9.96. The van der Waals surface area contributed by atoms with Gasteiger partial charge in [-0.1, -0.05) is 18.2 Å². The average Bonchev–Trinajstić information content (AvgIpc) is 2.95. The Kier molecular flexibility index (Phi) is 6.45. The molecule has 0 radical (unpaired) electrons. The van der Waals surface area contributed by atoms with Crippen LogP contribution in [0.5, 0.6) is 5.75 Å². The van der Waals surface area contributed by atoms with Crippen LogP contribution in [0.4, 0.5) is 13.2 Å². The molecule has 0 unspecified atom stereocenters. The number of carbonyl (C=O) groups excluding carboxylic acids is 3. The highest BCUT2D eigenvalue weighted by Crippen LogP contribution is 2.46. The monoisotopic (exact) mass is 526 g/mol. The number of ether oxygens (including phenoxy) is 2. The van der Waals surface area contributed by atoms with Crippen LogP contribution in [0.2, 0.25) is 0 Å². The molecule has 0 spiro atoms. The number of sulfone groups is 1. The van der Waals surface area contributed by atoms with E-state index in [1.54, 1.807) is 30.3 Å². The Balaban J connectivity index is 1.47. The third-order valence-corrected chi connectivity index (χ3v) is 9.01. The Hall–Kier alpha value is -3.61. The van der Waals surface area contributed by atoms with Crippen molar-refractivity contribution in [2.75, 3.05) is 6.61 Å². The Bertz CT molecular complexity index is 1310. The van der Waals surface area contributed by atoms with Crippen LogP contribution in [-0.4, -0.2) is 59.9 Å². The Morgan fingerprint density at radius 2 is 1.69 bits per heavy atom. The minimum atomic E-state index is -4.21. The Morgan fingerprint density at radius 1 is 1.08 bits per heavy atom. The van der Waals surface area contributed by atoms with Crippen molar-refractivity contribution in [1.82, 2.24) is 10.2 Å². The number of halogens is 3. The van der Waals surface area contributed by atoms with Gasteiger partial charge in [0, 0.05) is 12.1 Å². The molecule has 2 saturated heterocycles. The van der Waals surface area contributed by atoms with E-state index < -0.39 is 86.1 Å². The summed E-state index contributed by atoms with van der Waals surface area (Å²) in [4.78, 5) is 38.7. The van der Waals surface area contributed by atoms with Gasteiger partial charge < -0.3 is 19.7 Å². The third kappa shape index (κ3) is 4.16. The number of nitrogens with zero attached hydrogens (tertiary/aromatic N) is 1. The number of benzene rings is 2. The van der Waals surface area contributed by atoms with Crippen LogP contribution < -0.4 is 10.1 Å². The van der Waals surface area contributed by atoms with E-state index in [0.717, 1.165) is 4.90 Å². The van der Waals surface area contributed by atoms with Crippen molar-refractivity contribution in [1.29, 1.82) is 0 Å². The molecule has 2 aromatic carbocycles. The van der Waals surface area contributed by atoms with Crippen LogP contribution in [0.3, 0.4) is 0 Å². The quantitative estimate of drug-likeness (QED) is 0.429. The van der Waals surface area contributed by atoms with E-state index in [2.05, 4.69) is 5.32 Å². The van der Waals surface area contributed by atoms with Gasteiger partial charge in [-0.25, -0.2) is 26.4 Å². The molecule has 13 heteroatoms. The van der Waals surface area contributed by atoms with Gasteiger partial charge in [-0.15, -0.1) is 0 Å². The molecule has 0 aromatic heterocycles. The molecule has 2 heterocycles. The number of amides is 2. The second-order valence-corrected chi connectivity index (χ2v) is 11.4. The molecule has 2 aliphatic rings. The first-order chi connectivity index (χ1) is 16.9. The molecule has 36 heavy (non-hydrogen) atoms. The number of carbonyl (C=O) groups is 3. The molecule has 2 aliphatic heterocycles. The maximum atomic E-state index is 13.9. The summed E-state index contributed by atoms with van der Waals surface area (Å²) in [6, 6.07) is 6.04. The maximum Gasteiger partial charge on any atom is 0.330 e. The maximum absolute atomic E-state index is 13.9. The molecular formula is C23H21F3N2O7S. The molecule has 3 atom stereocenters. The number of β-lactam (4-membered cyclic amide) rings is 1. The van der Waals surface area contributed by atoms with Crippen molar-refractivity contribution in [3.05, 3.63) is 65.5 Å². The number of para-hydroxylation sites is 1. The second-order valence-electron chi connectivity index (χ2n) is 8.79. The summed E-state index contributed by atoms with van der Waals surface area (Å²) in [6.45, 7) is 0.976. The van der Waals surface area contributed by atoms with Crippen molar-refractivity contribution in [3.8, 4) is 5.75 Å². The van der Waals surface area contributed by atoms with E-state index in [9.17, 15) is 36.0 Å². The number of hydrogen-bond acceptors (Lipinski definition) is 7. The first-order valence-corrected chi connectivity index (χ1v) is 12.2. The molecule has 1 N–H and O–H groups in total. The van der Waals surface area contributed by atoms with E-state index in [-0.39, 0.29) is 0 Å². The lowest BCUT2D eigenvalue weighted by molar-refractivity contribution is -0.165. The summed E-state index contributed by atoms with van der Waals surface area (Å²) in [5.41, 5.74) is -0.738. The van der Waals surface area contributed by atoms with Crippen LogP contribution in [0.25, 0.3) is 0 Å². The van der Waals surface area contributed by atoms with E-state index in [4.69, 9.17) is 9.47 Å². The zero-order chi connectivity index (χ0) is 26.4.